The molecule has 200 valence electrons. The first kappa shape index (κ1) is 25.2. The summed E-state index contributed by atoms with van der Waals surface area (Å²) in [6.45, 7) is 4.78. The second-order valence-electron chi connectivity index (χ2n) is 9.43. The number of nitrogens with one attached hydrogen (secondary N) is 2. The monoisotopic (exact) mass is 545 g/mol. The van der Waals surface area contributed by atoms with Gasteiger partial charge in [0.15, 0.2) is 0 Å². The van der Waals surface area contributed by atoms with E-state index in [1.54, 1.807) is 36.6 Å². The number of anilines is 1. The molecule has 11 heteroatoms. The van der Waals surface area contributed by atoms with Gasteiger partial charge in [0.05, 0.1) is 36.4 Å². The van der Waals surface area contributed by atoms with E-state index >= 15 is 0 Å². The molecule has 39 heavy (non-hydrogen) atoms. The van der Waals surface area contributed by atoms with Crippen molar-refractivity contribution in [2.75, 3.05) is 44.2 Å². The lowest BCUT2D eigenvalue weighted by Gasteiger charge is -2.26. The molecule has 1 atom stereocenters. The van der Waals surface area contributed by atoms with Crippen LogP contribution in [0.4, 0.5) is 5.69 Å². The summed E-state index contributed by atoms with van der Waals surface area (Å²) < 4.78 is 39.9. The fourth-order valence-electron chi connectivity index (χ4n) is 4.75. The van der Waals surface area contributed by atoms with Gasteiger partial charge in [0, 0.05) is 48.0 Å². The Morgan fingerprint density at radius 1 is 1.21 bits per heavy atom. The Balaban J connectivity index is 1.19. The zero-order chi connectivity index (χ0) is 26.8. The van der Waals surface area contributed by atoms with Gasteiger partial charge >= 0.3 is 0 Å². The Labute approximate surface area is 225 Å². The largest absolute Gasteiger partial charge is 0.492 e. The van der Waals surface area contributed by atoms with Gasteiger partial charge in [-0.15, -0.1) is 0 Å². The summed E-state index contributed by atoms with van der Waals surface area (Å²) in [5.74, 6) is 0.357. The number of H-pyrrole nitrogens is 1. The molecule has 1 aromatic carbocycles. The number of hydrogen-bond donors (Lipinski definition) is 2. The van der Waals surface area contributed by atoms with Gasteiger partial charge in [-0.25, -0.2) is 13.4 Å². The van der Waals surface area contributed by atoms with Crippen LogP contribution in [0.25, 0.3) is 17.0 Å². The van der Waals surface area contributed by atoms with Gasteiger partial charge in [-0.3, -0.25) is 19.4 Å². The van der Waals surface area contributed by atoms with E-state index in [0.717, 1.165) is 49.5 Å². The Morgan fingerprint density at radius 3 is 2.90 bits per heavy atom. The molecule has 1 aliphatic carbocycles. The van der Waals surface area contributed by atoms with E-state index in [0.29, 0.717) is 34.8 Å². The fraction of sp³-hybridized carbons (Fsp3) is 0.250. The lowest BCUT2D eigenvalue weighted by Crippen LogP contribution is -2.38. The van der Waals surface area contributed by atoms with Crippen molar-refractivity contribution in [1.82, 2.24) is 14.9 Å². The molecule has 0 radical (unpaired) electrons. The average Bonchev–Trinajstić information content (AvgIpc) is 3.48. The number of rotatable bonds is 8. The first-order valence-electron chi connectivity index (χ1n) is 12.7. The predicted octanol–water partition coefficient (Wildman–Crippen LogP) is 2.95. The van der Waals surface area contributed by atoms with Crippen LogP contribution in [0, 0.1) is 0 Å². The maximum absolute atomic E-state index is 13.0. The zero-order valence-corrected chi connectivity index (χ0v) is 21.9. The molecular formula is C28H27N5O5S. The third-order valence-corrected chi connectivity index (χ3v) is 8.30. The minimum absolute atomic E-state index is 0.337. The number of fused-ring (bicyclic) bond motifs is 2. The highest BCUT2D eigenvalue weighted by atomic mass is 32.2. The molecule has 10 nitrogen and oxygen atoms in total. The van der Waals surface area contributed by atoms with Crippen LogP contribution in [-0.4, -0.2) is 79.6 Å². The molecule has 3 aliphatic rings. The van der Waals surface area contributed by atoms with Crippen molar-refractivity contribution in [1.29, 1.82) is 0 Å². The summed E-state index contributed by atoms with van der Waals surface area (Å²) in [6.07, 6.45) is 9.35. The summed E-state index contributed by atoms with van der Waals surface area (Å²) in [4.78, 5) is 26.4. The number of aromatic amines is 1. The van der Waals surface area contributed by atoms with Crippen LogP contribution < -0.4 is 9.46 Å². The number of allylic oxidation sites excluding steroid dienone is 1. The molecular weight excluding hydrogens is 518 g/mol. The number of ether oxygens (including phenoxy) is 2. The second kappa shape index (κ2) is 10.6. The van der Waals surface area contributed by atoms with Crippen molar-refractivity contribution in [3.8, 4) is 5.75 Å². The van der Waals surface area contributed by atoms with Gasteiger partial charge in [0.1, 0.15) is 17.6 Å². The number of aliphatic imine (C=N–C) groups is 1. The highest BCUT2D eigenvalue weighted by molar-refractivity contribution is 7.93. The zero-order valence-electron chi connectivity index (χ0n) is 21.0. The topological polar surface area (TPSA) is 126 Å². The number of sulfonamides is 1. The predicted molar refractivity (Wildman–Crippen MR) is 149 cm³/mol. The van der Waals surface area contributed by atoms with Crippen LogP contribution in [-0.2, 0) is 19.6 Å². The Morgan fingerprint density at radius 2 is 2.08 bits per heavy atom. The average molecular weight is 546 g/mol. The molecule has 6 rings (SSSR count). The molecule has 0 saturated carbocycles. The Kier molecular flexibility index (Phi) is 6.86. The standard InChI is InChI=1S/C28H27N5O5S/c34-28-25(24-17-23(4-6-27(24)31-28)39(35,36)32-20-2-1-7-29-18-20)16-21-14-19-15-22(3-5-26(19)30-21)38-13-10-33-8-11-37-12-9-33/h1-7,14-18,23,30,32H,8-13H2. The second-order valence-corrected chi connectivity index (χ2v) is 11.3. The van der Waals surface area contributed by atoms with Crippen LogP contribution in [0.1, 0.15) is 5.69 Å². The summed E-state index contributed by atoms with van der Waals surface area (Å²) in [5.41, 5.74) is 3.25. The van der Waals surface area contributed by atoms with Crippen molar-refractivity contribution < 1.29 is 22.7 Å². The molecule has 2 N–H and O–H groups in total. The number of pyridine rings is 1. The number of aromatic nitrogens is 2. The first-order chi connectivity index (χ1) is 18.9. The van der Waals surface area contributed by atoms with Gasteiger partial charge in [-0.05, 0) is 48.6 Å². The molecule has 2 aromatic heterocycles. The number of amides is 1. The lowest BCUT2D eigenvalue weighted by molar-refractivity contribution is -0.113. The molecule has 1 saturated heterocycles. The molecule has 1 amide bonds. The van der Waals surface area contributed by atoms with Crippen molar-refractivity contribution in [2.45, 2.75) is 5.25 Å². The third kappa shape index (κ3) is 5.56. The maximum atomic E-state index is 13.0. The van der Waals surface area contributed by atoms with Crippen molar-refractivity contribution in [2.24, 2.45) is 4.99 Å². The highest BCUT2D eigenvalue weighted by Gasteiger charge is 2.32. The molecule has 0 bridgehead atoms. The van der Waals surface area contributed by atoms with Crippen LogP contribution in [0.2, 0.25) is 0 Å². The third-order valence-electron chi connectivity index (χ3n) is 6.77. The number of benzene rings is 1. The number of carbonyl (C=O) groups is 1. The molecule has 0 spiro atoms. The number of morpholine rings is 1. The Bertz CT molecular complexity index is 1630. The number of carbonyl (C=O) groups excluding carboxylic acids is 1. The van der Waals surface area contributed by atoms with Gasteiger partial charge in [-0.1, -0.05) is 12.2 Å². The van der Waals surface area contributed by atoms with E-state index < -0.39 is 21.2 Å². The molecule has 3 aromatic rings. The van der Waals surface area contributed by atoms with Crippen molar-refractivity contribution >= 4 is 44.3 Å². The smallest absolute Gasteiger partial charge is 0.278 e. The summed E-state index contributed by atoms with van der Waals surface area (Å²) in [6, 6.07) is 11.0. The van der Waals surface area contributed by atoms with Gasteiger partial charge < -0.3 is 14.5 Å². The van der Waals surface area contributed by atoms with Gasteiger partial charge in [0.2, 0.25) is 10.0 Å². The summed E-state index contributed by atoms with van der Waals surface area (Å²) in [7, 11) is -3.81. The molecule has 1 fully saturated rings. The maximum Gasteiger partial charge on any atom is 0.278 e. The summed E-state index contributed by atoms with van der Waals surface area (Å²) >= 11 is 0. The molecule has 2 aliphatic heterocycles. The van der Waals surface area contributed by atoms with E-state index in [2.05, 4.69) is 24.6 Å². The van der Waals surface area contributed by atoms with Gasteiger partial charge in [0.25, 0.3) is 5.91 Å². The Hall–Kier alpha value is -4.06. The van der Waals surface area contributed by atoms with E-state index in [1.165, 1.54) is 12.3 Å². The van der Waals surface area contributed by atoms with E-state index in [9.17, 15) is 13.2 Å². The fourth-order valence-corrected chi connectivity index (χ4v) is 5.94. The minimum atomic E-state index is -3.81. The van der Waals surface area contributed by atoms with Crippen LogP contribution in [0.3, 0.4) is 0 Å². The van der Waals surface area contributed by atoms with Crippen molar-refractivity contribution in [3.05, 3.63) is 83.9 Å². The SMILES string of the molecule is O=C1N=C2C=CC(S(=O)(=O)Nc3cccnc3)C=C2C1=Cc1cc2cc(OCCN3CCOCC3)ccc2[nH]1. The minimum Gasteiger partial charge on any atom is -0.492 e. The van der Waals surface area contributed by atoms with Crippen LogP contribution in [0.15, 0.2) is 83.2 Å². The van der Waals surface area contributed by atoms with Crippen molar-refractivity contribution in [3.63, 3.8) is 0 Å². The van der Waals surface area contributed by atoms with E-state index in [-0.39, 0.29) is 0 Å². The number of nitrogens with zero attached hydrogens (tertiary/aromatic N) is 3. The molecule has 1 unspecified atom stereocenters. The quantitative estimate of drug-likeness (QED) is 0.417. The number of hydrogen-bond acceptors (Lipinski definition) is 7. The van der Waals surface area contributed by atoms with E-state index in [4.69, 9.17) is 9.47 Å². The highest BCUT2D eigenvalue weighted by Crippen LogP contribution is 2.31. The van der Waals surface area contributed by atoms with Crippen LogP contribution >= 0.6 is 0 Å². The van der Waals surface area contributed by atoms with Crippen LogP contribution in [0.5, 0.6) is 5.75 Å². The van der Waals surface area contributed by atoms with E-state index in [1.807, 2.05) is 24.3 Å². The molecule has 4 heterocycles. The lowest BCUT2D eigenvalue weighted by atomic mass is 9.97. The summed E-state index contributed by atoms with van der Waals surface area (Å²) in [5, 5.41) is -0.0307. The normalized spacial score (nSPS) is 20.7. The van der Waals surface area contributed by atoms with Gasteiger partial charge in [-0.2, -0.15) is 0 Å². The first-order valence-corrected chi connectivity index (χ1v) is 14.2.